The number of hydrogen-bond donors (Lipinski definition) is 0. The predicted molar refractivity (Wildman–Crippen MR) is 81.3 cm³/mol. The fraction of sp³-hybridized carbons (Fsp3) is 1.00. The van der Waals surface area contributed by atoms with Crippen molar-refractivity contribution < 1.29 is 4.43 Å². The van der Waals surface area contributed by atoms with Crippen LogP contribution in [0.25, 0.3) is 0 Å². The third kappa shape index (κ3) is 2.31. The summed E-state index contributed by atoms with van der Waals surface area (Å²) in [5.74, 6) is 2.73. The molecular formula is C16H32OSi. The Labute approximate surface area is 115 Å². The van der Waals surface area contributed by atoms with Gasteiger partial charge < -0.3 is 4.43 Å². The fourth-order valence-electron chi connectivity index (χ4n) is 3.61. The highest BCUT2D eigenvalue weighted by atomic mass is 28.4. The van der Waals surface area contributed by atoms with Crippen LogP contribution in [0.5, 0.6) is 0 Å². The van der Waals surface area contributed by atoms with Gasteiger partial charge in [0.1, 0.15) is 0 Å². The van der Waals surface area contributed by atoms with Crippen LogP contribution in [0.15, 0.2) is 0 Å². The molecule has 2 heteroatoms. The Morgan fingerprint density at radius 1 is 1.28 bits per heavy atom. The monoisotopic (exact) mass is 268 g/mol. The molecule has 0 unspecified atom stereocenters. The van der Waals surface area contributed by atoms with Gasteiger partial charge in [0, 0.05) is 6.61 Å². The Morgan fingerprint density at radius 3 is 2.28 bits per heavy atom. The molecule has 18 heavy (non-hydrogen) atoms. The minimum absolute atomic E-state index is 0.351. The van der Waals surface area contributed by atoms with E-state index in [1.54, 1.807) is 0 Å². The second kappa shape index (κ2) is 4.34. The highest BCUT2D eigenvalue weighted by molar-refractivity contribution is 6.74. The van der Waals surface area contributed by atoms with Crippen LogP contribution in [0.3, 0.4) is 0 Å². The van der Waals surface area contributed by atoms with Gasteiger partial charge in [0.2, 0.25) is 0 Å². The van der Waals surface area contributed by atoms with Crippen molar-refractivity contribution in [2.24, 2.45) is 23.2 Å². The van der Waals surface area contributed by atoms with Gasteiger partial charge in [-0.25, -0.2) is 0 Å². The highest BCUT2D eigenvalue weighted by Crippen LogP contribution is 2.69. The van der Waals surface area contributed by atoms with E-state index in [1.165, 1.54) is 19.3 Å². The van der Waals surface area contributed by atoms with Crippen LogP contribution >= 0.6 is 0 Å². The average Bonchev–Trinajstić information content (AvgIpc) is 2.85. The Hall–Kier alpha value is 0.177. The minimum atomic E-state index is -1.54. The van der Waals surface area contributed by atoms with Crippen LogP contribution in [0.1, 0.15) is 53.9 Å². The Morgan fingerprint density at radius 2 is 1.89 bits per heavy atom. The molecule has 3 atom stereocenters. The molecule has 0 aliphatic heterocycles. The smallest absolute Gasteiger partial charge is 0.191 e. The largest absolute Gasteiger partial charge is 0.417 e. The van der Waals surface area contributed by atoms with E-state index in [-0.39, 0.29) is 0 Å². The van der Waals surface area contributed by atoms with Crippen molar-refractivity contribution in [2.45, 2.75) is 72.0 Å². The molecule has 2 saturated carbocycles. The molecule has 2 aliphatic carbocycles. The van der Waals surface area contributed by atoms with Crippen molar-refractivity contribution in [3.05, 3.63) is 0 Å². The van der Waals surface area contributed by atoms with E-state index in [2.05, 4.69) is 47.7 Å². The summed E-state index contributed by atoms with van der Waals surface area (Å²) in [4.78, 5) is 0. The second-order valence-corrected chi connectivity index (χ2v) is 13.4. The van der Waals surface area contributed by atoms with Gasteiger partial charge >= 0.3 is 0 Å². The maximum Gasteiger partial charge on any atom is 0.191 e. The minimum Gasteiger partial charge on any atom is -0.417 e. The van der Waals surface area contributed by atoms with Gasteiger partial charge in [-0.05, 0) is 60.6 Å². The predicted octanol–water partition coefficient (Wildman–Crippen LogP) is 5.08. The Kier molecular flexibility index (Phi) is 3.52. The SMILES string of the molecule is CC(C)[C@@]12CC[C@H](CO[Si](C)(C)C(C)(C)C)[C@@H]1C2. The summed E-state index contributed by atoms with van der Waals surface area (Å²) in [6.45, 7) is 17.6. The summed E-state index contributed by atoms with van der Waals surface area (Å²) in [6.07, 6.45) is 4.36. The first-order chi connectivity index (χ1) is 8.10. The van der Waals surface area contributed by atoms with Crippen LogP contribution in [0.4, 0.5) is 0 Å². The van der Waals surface area contributed by atoms with Gasteiger partial charge in [0.15, 0.2) is 8.32 Å². The molecule has 0 amide bonds. The molecule has 0 radical (unpaired) electrons. The van der Waals surface area contributed by atoms with Crippen LogP contribution in [-0.4, -0.2) is 14.9 Å². The zero-order chi connectivity index (χ0) is 13.8. The third-order valence-corrected chi connectivity index (χ3v) is 10.8. The molecule has 0 aromatic carbocycles. The van der Waals surface area contributed by atoms with E-state index in [9.17, 15) is 0 Å². The van der Waals surface area contributed by atoms with Crippen molar-refractivity contribution in [3.8, 4) is 0 Å². The number of rotatable bonds is 4. The van der Waals surface area contributed by atoms with E-state index >= 15 is 0 Å². The lowest BCUT2D eigenvalue weighted by Gasteiger charge is -2.37. The Balaban J connectivity index is 1.87. The lowest BCUT2D eigenvalue weighted by molar-refractivity contribution is 0.214. The molecule has 0 N–H and O–H groups in total. The molecular weight excluding hydrogens is 236 g/mol. The molecule has 2 rings (SSSR count). The van der Waals surface area contributed by atoms with Crippen molar-refractivity contribution >= 4 is 8.32 Å². The standard InChI is InChI=1S/C16H32OSi/c1-12(2)16-9-8-13(14(16)10-16)11-17-18(6,7)15(3,4)5/h12-14H,8-11H2,1-7H3/t13-,14+,16+/m1/s1. The van der Waals surface area contributed by atoms with Crippen molar-refractivity contribution in [3.63, 3.8) is 0 Å². The molecule has 2 fully saturated rings. The molecule has 0 spiro atoms. The number of fused-ring (bicyclic) bond motifs is 1. The Bertz CT molecular complexity index is 316. The molecule has 0 aromatic rings. The second-order valence-electron chi connectivity index (χ2n) is 8.57. The lowest BCUT2D eigenvalue weighted by atomic mass is 9.90. The molecule has 0 aromatic heterocycles. The van der Waals surface area contributed by atoms with Gasteiger partial charge in [-0.15, -0.1) is 0 Å². The van der Waals surface area contributed by atoms with Gasteiger partial charge in [-0.3, -0.25) is 0 Å². The maximum absolute atomic E-state index is 6.44. The highest BCUT2D eigenvalue weighted by Gasteiger charge is 2.62. The molecule has 0 heterocycles. The van der Waals surface area contributed by atoms with Crippen LogP contribution < -0.4 is 0 Å². The quantitative estimate of drug-likeness (QED) is 0.646. The van der Waals surface area contributed by atoms with Crippen LogP contribution in [-0.2, 0) is 4.43 Å². The van der Waals surface area contributed by atoms with E-state index in [0.29, 0.717) is 5.04 Å². The molecule has 0 bridgehead atoms. The van der Waals surface area contributed by atoms with E-state index in [0.717, 1.165) is 29.8 Å². The fourth-order valence-corrected chi connectivity index (χ4v) is 4.68. The first-order valence-electron chi connectivity index (χ1n) is 7.74. The van der Waals surface area contributed by atoms with E-state index < -0.39 is 8.32 Å². The van der Waals surface area contributed by atoms with Gasteiger partial charge in [0.05, 0.1) is 0 Å². The first-order valence-corrected chi connectivity index (χ1v) is 10.6. The van der Waals surface area contributed by atoms with Crippen LogP contribution in [0.2, 0.25) is 18.1 Å². The zero-order valence-corrected chi connectivity index (χ0v) is 14.5. The summed E-state index contributed by atoms with van der Waals surface area (Å²) < 4.78 is 6.44. The van der Waals surface area contributed by atoms with Crippen LogP contribution in [0, 0.1) is 23.2 Å². The summed E-state index contributed by atoms with van der Waals surface area (Å²) in [7, 11) is -1.54. The molecule has 1 nitrogen and oxygen atoms in total. The number of hydrogen-bond acceptors (Lipinski definition) is 1. The first kappa shape index (κ1) is 14.6. The van der Waals surface area contributed by atoms with E-state index in [1.807, 2.05) is 0 Å². The van der Waals surface area contributed by atoms with Crippen molar-refractivity contribution in [1.29, 1.82) is 0 Å². The lowest BCUT2D eigenvalue weighted by Crippen LogP contribution is -2.42. The third-order valence-electron chi connectivity index (χ3n) is 6.34. The maximum atomic E-state index is 6.44. The molecule has 2 aliphatic rings. The summed E-state index contributed by atoms with van der Waals surface area (Å²) in [5.41, 5.74) is 0.724. The van der Waals surface area contributed by atoms with Gasteiger partial charge in [0.25, 0.3) is 0 Å². The summed E-state index contributed by atoms with van der Waals surface area (Å²) in [6, 6.07) is 0. The van der Waals surface area contributed by atoms with Crippen molar-refractivity contribution in [1.82, 2.24) is 0 Å². The molecule has 106 valence electrons. The summed E-state index contributed by atoms with van der Waals surface area (Å²) >= 11 is 0. The van der Waals surface area contributed by atoms with Gasteiger partial charge in [-0.2, -0.15) is 0 Å². The normalized spacial score (nSPS) is 36.0. The summed E-state index contributed by atoms with van der Waals surface area (Å²) in [5, 5.41) is 0.351. The zero-order valence-electron chi connectivity index (χ0n) is 13.5. The van der Waals surface area contributed by atoms with E-state index in [4.69, 9.17) is 4.43 Å². The van der Waals surface area contributed by atoms with Gasteiger partial charge in [-0.1, -0.05) is 34.6 Å². The van der Waals surface area contributed by atoms with Crippen molar-refractivity contribution in [2.75, 3.05) is 6.61 Å². The topological polar surface area (TPSA) is 9.23 Å². The molecule has 0 saturated heterocycles. The average molecular weight is 269 g/mol.